The fraction of sp³-hybridized carbons (Fsp3) is 0.222. The first-order chi connectivity index (χ1) is 5.77. The van der Waals surface area contributed by atoms with Gasteiger partial charge in [-0.15, -0.1) is 0 Å². The monoisotopic (exact) mass is 225 g/mol. The van der Waals surface area contributed by atoms with Crippen LogP contribution in [0.5, 0.6) is 0 Å². The van der Waals surface area contributed by atoms with Crippen LogP contribution >= 0.6 is 15.9 Å². The van der Waals surface area contributed by atoms with Gasteiger partial charge in [-0.05, 0) is 17.7 Å². The van der Waals surface area contributed by atoms with Crippen molar-refractivity contribution in [2.24, 2.45) is 0 Å². The molecule has 0 spiro atoms. The van der Waals surface area contributed by atoms with E-state index in [0.717, 1.165) is 10.0 Å². The van der Waals surface area contributed by atoms with Crippen LogP contribution in [0.1, 0.15) is 11.5 Å². The number of benzene rings is 1. The Morgan fingerprint density at radius 2 is 2.00 bits per heavy atom. The Morgan fingerprint density at radius 3 is 2.42 bits per heavy atom. The molecule has 0 fully saturated rings. The highest BCUT2D eigenvalue weighted by Crippen LogP contribution is 2.17. The second kappa shape index (κ2) is 4.24. The van der Waals surface area contributed by atoms with Crippen molar-refractivity contribution in [3.8, 4) is 6.07 Å². The zero-order valence-corrected chi connectivity index (χ0v) is 7.95. The van der Waals surface area contributed by atoms with E-state index in [1.54, 1.807) is 0 Å². The van der Waals surface area contributed by atoms with E-state index >= 15 is 0 Å². The lowest BCUT2D eigenvalue weighted by molar-refractivity contribution is 0.286. The summed E-state index contributed by atoms with van der Waals surface area (Å²) in [4.78, 5) is 0. The third-order valence-electron chi connectivity index (χ3n) is 1.61. The van der Waals surface area contributed by atoms with E-state index in [2.05, 4.69) is 15.9 Å². The van der Waals surface area contributed by atoms with Gasteiger partial charge in [-0.1, -0.05) is 28.1 Å². The third-order valence-corrected chi connectivity index (χ3v) is 2.14. The van der Waals surface area contributed by atoms with Gasteiger partial charge < -0.3 is 5.11 Å². The van der Waals surface area contributed by atoms with Crippen LogP contribution in [-0.2, 0) is 0 Å². The van der Waals surface area contributed by atoms with Crippen LogP contribution in [0, 0.1) is 11.3 Å². The quantitative estimate of drug-likeness (QED) is 0.838. The highest BCUT2D eigenvalue weighted by Gasteiger charge is 2.07. The lowest BCUT2D eigenvalue weighted by Crippen LogP contribution is -2.00. The molecule has 0 saturated carbocycles. The van der Waals surface area contributed by atoms with Crippen LogP contribution in [0.4, 0.5) is 0 Å². The van der Waals surface area contributed by atoms with Crippen molar-refractivity contribution < 1.29 is 5.11 Å². The molecule has 1 atom stereocenters. The molecule has 0 amide bonds. The van der Waals surface area contributed by atoms with E-state index in [9.17, 15) is 0 Å². The van der Waals surface area contributed by atoms with Crippen molar-refractivity contribution in [1.82, 2.24) is 0 Å². The minimum atomic E-state index is -0.405. The van der Waals surface area contributed by atoms with Crippen molar-refractivity contribution in [3.05, 3.63) is 34.3 Å². The summed E-state index contributed by atoms with van der Waals surface area (Å²) in [5.74, 6) is -0.405. The van der Waals surface area contributed by atoms with Crippen LogP contribution in [0.15, 0.2) is 28.7 Å². The predicted molar refractivity (Wildman–Crippen MR) is 49.6 cm³/mol. The summed E-state index contributed by atoms with van der Waals surface area (Å²) in [6.45, 7) is -0.127. The van der Waals surface area contributed by atoms with Crippen molar-refractivity contribution in [2.45, 2.75) is 5.92 Å². The second-order valence-electron chi connectivity index (χ2n) is 2.42. The largest absolute Gasteiger partial charge is 0.395 e. The molecule has 2 nitrogen and oxygen atoms in total. The fourth-order valence-corrected chi connectivity index (χ4v) is 1.18. The van der Waals surface area contributed by atoms with Gasteiger partial charge in [0.05, 0.1) is 18.6 Å². The number of hydrogen-bond donors (Lipinski definition) is 1. The van der Waals surface area contributed by atoms with Crippen molar-refractivity contribution in [1.29, 1.82) is 5.26 Å². The number of nitriles is 1. The van der Waals surface area contributed by atoms with Gasteiger partial charge in [0.25, 0.3) is 0 Å². The zero-order valence-electron chi connectivity index (χ0n) is 6.37. The van der Waals surface area contributed by atoms with Crippen LogP contribution in [0.2, 0.25) is 0 Å². The SMILES string of the molecule is N#CC(CO)c1ccc(Br)cc1. The summed E-state index contributed by atoms with van der Waals surface area (Å²) in [5.41, 5.74) is 0.850. The van der Waals surface area contributed by atoms with Gasteiger partial charge in [0, 0.05) is 4.47 Å². The minimum absolute atomic E-state index is 0.127. The normalized spacial score (nSPS) is 12.1. The summed E-state index contributed by atoms with van der Waals surface area (Å²) in [6, 6.07) is 9.39. The molecule has 62 valence electrons. The van der Waals surface area contributed by atoms with Crippen LogP contribution in [0.3, 0.4) is 0 Å². The summed E-state index contributed by atoms with van der Waals surface area (Å²) in [5, 5.41) is 17.4. The Hall–Kier alpha value is -0.850. The van der Waals surface area contributed by atoms with Crippen molar-refractivity contribution >= 4 is 15.9 Å². The Labute approximate surface area is 79.6 Å². The highest BCUT2D eigenvalue weighted by molar-refractivity contribution is 9.10. The smallest absolute Gasteiger partial charge is 0.0943 e. The molecule has 0 aliphatic carbocycles. The molecule has 0 saturated heterocycles. The number of aliphatic hydroxyl groups is 1. The molecule has 0 heterocycles. The first-order valence-electron chi connectivity index (χ1n) is 3.54. The van der Waals surface area contributed by atoms with E-state index in [1.807, 2.05) is 30.3 Å². The lowest BCUT2D eigenvalue weighted by Gasteiger charge is -2.04. The van der Waals surface area contributed by atoms with E-state index < -0.39 is 5.92 Å². The first-order valence-corrected chi connectivity index (χ1v) is 4.33. The van der Waals surface area contributed by atoms with Gasteiger partial charge >= 0.3 is 0 Å². The minimum Gasteiger partial charge on any atom is -0.395 e. The molecule has 0 radical (unpaired) electrons. The van der Waals surface area contributed by atoms with Gasteiger partial charge in [0.1, 0.15) is 0 Å². The van der Waals surface area contributed by atoms with Gasteiger partial charge in [0.15, 0.2) is 0 Å². The summed E-state index contributed by atoms with van der Waals surface area (Å²) in [6.07, 6.45) is 0. The van der Waals surface area contributed by atoms with Gasteiger partial charge in [-0.2, -0.15) is 5.26 Å². The fourth-order valence-electron chi connectivity index (χ4n) is 0.916. The Bertz CT molecular complexity index is 288. The number of halogens is 1. The molecule has 1 unspecified atom stereocenters. The molecule has 0 aromatic heterocycles. The van der Waals surface area contributed by atoms with Gasteiger partial charge in [-0.3, -0.25) is 0 Å². The molecule has 3 heteroatoms. The molecule has 12 heavy (non-hydrogen) atoms. The molecular formula is C9H8BrNO. The number of nitrogens with zero attached hydrogens (tertiary/aromatic N) is 1. The maximum absolute atomic E-state index is 8.81. The number of aliphatic hydroxyl groups excluding tert-OH is 1. The number of rotatable bonds is 2. The molecule has 1 N–H and O–H groups in total. The topological polar surface area (TPSA) is 44.0 Å². The van der Waals surface area contributed by atoms with Crippen molar-refractivity contribution in [2.75, 3.05) is 6.61 Å². The highest BCUT2D eigenvalue weighted by atomic mass is 79.9. The molecule has 0 aliphatic rings. The van der Waals surface area contributed by atoms with Crippen LogP contribution < -0.4 is 0 Å². The van der Waals surface area contributed by atoms with Crippen LogP contribution in [-0.4, -0.2) is 11.7 Å². The zero-order chi connectivity index (χ0) is 8.97. The first kappa shape index (κ1) is 9.24. The molecule has 0 bridgehead atoms. The summed E-state index contributed by atoms with van der Waals surface area (Å²) in [7, 11) is 0. The standard InChI is InChI=1S/C9H8BrNO/c10-9-3-1-7(2-4-9)8(5-11)6-12/h1-4,8,12H,6H2. The average Bonchev–Trinajstić information content (AvgIpc) is 2.10. The molecule has 1 aromatic rings. The Kier molecular flexibility index (Phi) is 3.27. The summed E-state index contributed by atoms with van der Waals surface area (Å²) >= 11 is 3.29. The molecule has 1 aromatic carbocycles. The molecular weight excluding hydrogens is 218 g/mol. The summed E-state index contributed by atoms with van der Waals surface area (Å²) < 4.78 is 0.973. The number of hydrogen-bond acceptors (Lipinski definition) is 2. The van der Waals surface area contributed by atoms with E-state index in [4.69, 9.17) is 10.4 Å². The van der Waals surface area contributed by atoms with E-state index in [1.165, 1.54) is 0 Å². The average molecular weight is 226 g/mol. The Morgan fingerprint density at radius 1 is 1.42 bits per heavy atom. The maximum atomic E-state index is 8.81. The maximum Gasteiger partial charge on any atom is 0.0943 e. The van der Waals surface area contributed by atoms with E-state index in [-0.39, 0.29) is 6.61 Å². The Balaban J connectivity index is 2.89. The molecule has 1 rings (SSSR count). The van der Waals surface area contributed by atoms with Gasteiger partial charge in [-0.25, -0.2) is 0 Å². The van der Waals surface area contributed by atoms with Crippen molar-refractivity contribution in [3.63, 3.8) is 0 Å². The van der Waals surface area contributed by atoms with E-state index in [0.29, 0.717) is 0 Å². The predicted octanol–water partition coefficient (Wildman–Crippen LogP) is 2.05. The van der Waals surface area contributed by atoms with Crippen LogP contribution in [0.25, 0.3) is 0 Å². The van der Waals surface area contributed by atoms with Gasteiger partial charge in [0.2, 0.25) is 0 Å². The molecule has 0 aliphatic heterocycles. The second-order valence-corrected chi connectivity index (χ2v) is 3.33. The third kappa shape index (κ3) is 2.07. The lowest BCUT2D eigenvalue weighted by atomic mass is 10.0.